The molecule has 3 heterocycles. The predicted octanol–water partition coefficient (Wildman–Crippen LogP) is 4.27. The molecule has 5 rings (SSSR count). The molecule has 7 heteroatoms. The third kappa shape index (κ3) is 3.52. The molecule has 2 aromatic carbocycles. The molecule has 1 fully saturated rings. The lowest BCUT2D eigenvalue weighted by Gasteiger charge is -2.30. The fraction of sp³-hybridized carbons (Fsp3) is 0.391. The Balaban J connectivity index is 1.47. The first-order valence-electron chi connectivity index (χ1n) is 10.3. The number of amides is 1. The van der Waals surface area contributed by atoms with Gasteiger partial charge in [0.05, 0.1) is 22.9 Å². The molecule has 156 valence electrons. The zero-order valence-electron chi connectivity index (χ0n) is 17.1. The number of benzene rings is 2. The van der Waals surface area contributed by atoms with Crippen molar-refractivity contribution in [3.8, 4) is 11.5 Å². The number of anilines is 1. The van der Waals surface area contributed by atoms with Crippen molar-refractivity contribution in [3.05, 3.63) is 47.5 Å². The molecular formula is C23H24N2O4S. The van der Waals surface area contributed by atoms with Crippen molar-refractivity contribution in [2.24, 2.45) is 0 Å². The van der Waals surface area contributed by atoms with Gasteiger partial charge in [-0.1, -0.05) is 29.5 Å². The molecule has 2 unspecified atom stereocenters. The molecular weight excluding hydrogens is 400 g/mol. The molecule has 2 aliphatic rings. The number of nitrogens with zero attached hydrogens (tertiary/aromatic N) is 2. The largest absolute Gasteiger partial charge is 0.485 e. The van der Waals surface area contributed by atoms with Crippen LogP contribution in [-0.4, -0.2) is 42.9 Å². The van der Waals surface area contributed by atoms with Crippen LogP contribution in [0.2, 0.25) is 0 Å². The Kier molecular flexibility index (Phi) is 5.08. The second kappa shape index (κ2) is 7.89. The number of carbonyl (C=O) groups is 1. The van der Waals surface area contributed by atoms with Crippen LogP contribution in [-0.2, 0) is 9.53 Å². The van der Waals surface area contributed by atoms with E-state index in [2.05, 4.69) is 26.0 Å². The number of carbonyl (C=O) groups excluding carboxylic acids is 1. The Hall–Kier alpha value is -2.64. The summed E-state index contributed by atoms with van der Waals surface area (Å²) in [5.41, 5.74) is 3.29. The van der Waals surface area contributed by atoms with Crippen LogP contribution in [0.3, 0.4) is 0 Å². The molecule has 0 radical (unpaired) electrons. The van der Waals surface area contributed by atoms with E-state index in [0.717, 1.165) is 35.2 Å². The summed E-state index contributed by atoms with van der Waals surface area (Å²) in [6.45, 7) is 5.54. The summed E-state index contributed by atoms with van der Waals surface area (Å²) in [6, 6.07) is 11.6. The first kappa shape index (κ1) is 19.3. The summed E-state index contributed by atoms with van der Waals surface area (Å²) < 4.78 is 18.7. The van der Waals surface area contributed by atoms with E-state index in [0.29, 0.717) is 23.2 Å². The first-order valence-corrected chi connectivity index (χ1v) is 11.1. The number of para-hydroxylation sites is 2. The molecule has 3 aromatic rings. The van der Waals surface area contributed by atoms with Crippen LogP contribution in [0.5, 0.6) is 11.5 Å². The summed E-state index contributed by atoms with van der Waals surface area (Å²) in [6.07, 6.45) is 1.26. The fourth-order valence-corrected chi connectivity index (χ4v) is 4.94. The van der Waals surface area contributed by atoms with Gasteiger partial charge in [0.1, 0.15) is 6.61 Å². The van der Waals surface area contributed by atoms with E-state index >= 15 is 0 Å². The van der Waals surface area contributed by atoms with Crippen molar-refractivity contribution < 1.29 is 19.0 Å². The standard InChI is InChI=1S/C23H24N2O4S/c1-14-9-10-20-21(15(14)2)24-23(30-20)25(12-16-6-5-11-27-16)22(26)19-13-28-17-7-3-4-8-18(17)29-19/h3-4,7-10,16,19H,5-6,11-13H2,1-2H3. The lowest BCUT2D eigenvalue weighted by molar-refractivity contribution is -0.128. The molecule has 0 N–H and O–H groups in total. The van der Waals surface area contributed by atoms with Gasteiger partial charge < -0.3 is 14.2 Å². The molecule has 2 aliphatic heterocycles. The van der Waals surface area contributed by atoms with E-state index in [-0.39, 0.29) is 18.6 Å². The molecule has 6 nitrogen and oxygen atoms in total. The Morgan fingerprint density at radius 3 is 2.83 bits per heavy atom. The molecule has 1 saturated heterocycles. The number of thiazole rings is 1. The highest BCUT2D eigenvalue weighted by molar-refractivity contribution is 7.22. The smallest absolute Gasteiger partial charge is 0.273 e. The van der Waals surface area contributed by atoms with Gasteiger partial charge in [0, 0.05) is 6.61 Å². The average molecular weight is 425 g/mol. The lowest BCUT2D eigenvalue weighted by atomic mass is 10.1. The average Bonchev–Trinajstić information content (AvgIpc) is 3.44. The van der Waals surface area contributed by atoms with Crippen LogP contribution in [0.1, 0.15) is 24.0 Å². The molecule has 1 aromatic heterocycles. The van der Waals surface area contributed by atoms with Gasteiger partial charge in [-0.3, -0.25) is 9.69 Å². The van der Waals surface area contributed by atoms with Gasteiger partial charge in [-0.05, 0) is 56.0 Å². The van der Waals surface area contributed by atoms with Crippen LogP contribution in [0.4, 0.5) is 5.13 Å². The second-order valence-corrected chi connectivity index (χ2v) is 8.81. The maximum Gasteiger partial charge on any atom is 0.273 e. The fourth-order valence-electron chi connectivity index (χ4n) is 3.90. The second-order valence-electron chi connectivity index (χ2n) is 7.80. The number of ether oxygens (including phenoxy) is 3. The van der Waals surface area contributed by atoms with Crippen molar-refractivity contribution in [2.45, 2.75) is 38.9 Å². The number of aryl methyl sites for hydroxylation is 2. The minimum absolute atomic E-state index is 0.0144. The topological polar surface area (TPSA) is 60.9 Å². The minimum atomic E-state index is -0.712. The van der Waals surface area contributed by atoms with Gasteiger partial charge in [-0.15, -0.1) is 0 Å². The van der Waals surface area contributed by atoms with Gasteiger partial charge in [-0.25, -0.2) is 4.98 Å². The van der Waals surface area contributed by atoms with Crippen LogP contribution in [0, 0.1) is 13.8 Å². The Morgan fingerprint density at radius 2 is 2.03 bits per heavy atom. The Labute approximate surface area is 179 Å². The van der Waals surface area contributed by atoms with Crippen molar-refractivity contribution >= 4 is 32.6 Å². The van der Waals surface area contributed by atoms with Gasteiger partial charge >= 0.3 is 0 Å². The minimum Gasteiger partial charge on any atom is -0.485 e. The number of rotatable bonds is 4. The highest BCUT2D eigenvalue weighted by atomic mass is 32.1. The molecule has 0 aliphatic carbocycles. The molecule has 1 amide bonds. The van der Waals surface area contributed by atoms with Crippen LogP contribution in [0.15, 0.2) is 36.4 Å². The number of aromatic nitrogens is 1. The van der Waals surface area contributed by atoms with Gasteiger partial charge in [0.25, 0.3) is 5.91 Å². The molecule has 0 saturated carbocycles. The van der Waals surface area contributed by atoms with Crippen LogP contribution < -0.4 is 14.4 Å². The zero-order valence-corrected chi connectivity index (χ0v) is 17.9. The zero-order chi connectivity index (χ0) is 20.7. The summed E-state index contributed by atoms with van der Waals surface area (Å²) in [5.74, 6) is 1.11. The molecule has 30 heavy (non-hydrogen) atoms. The van der Waals surface area contributed by atoms with Crippen molar-refractivity contribution in [1.82, 2.24) is 4.98 Å². The third-order valence-corrected chi connectivity index (χ3v) is 6.81. The monoisotopic (exact) mass is 424 g/mol. The highest BCUT2D eigenvalue weighted by Gasteiger charge is 2.35. The molecule has 0 bridgehead atoms. The Morgan fingerprint density at radius 1 is 1.20 bits per heavy atom. The van der Waals surface area contributed by atoms with Gasteiger partial charge in [0.15, 0.2) is 16.6 Å². The summed E-state index contributed by atoms with van der Waals surface area (Å²) in [5, 5.41) is 0.682. The van der Waals surface area contributed by atoms with E-state index in [1.807, 2.05) is 24.3 Å². The third-order valence-electron chi connectivity index (χ3n) is 5.76. The van der Waals surface area contributed by atoms with E-state index in [1.165, 1.54) is 16.9 Å². The number of hydrogen-bond donors (Lipinski definition) is 0. The van der Waals surface area contributed by atoms with E-state index in [1.54, 1.807) is 4.90 Å². The summed E-state index contributed by atoms with van der Waals surface area (Å²) >= 11 is 1.53. The SMILES string of the molecule is Cc1ccc2sc(N(CC3CCCO3)C(=O)C3COc4ccccc4O3)nc2c1C. The maximum absolute atomic E-state index is 13.6. The molecule has 2 atom stereocenters. The van der Waals surface area contributed by atoms with Crippen LogP contribution in [0.25, 0.3) is 10.2 Å². The van der Waals surface area contributed by atoms with E-state index < -0.39 is 6.10 Å². The van der Waals surface area contributed by atoms with Crippen molar-refractivity contribution in [1.29, 1.82) is 0 Å². The molecule has 0 spiro atoms. The summed E-state index contributed by atoms with van der Waals surface area (Å²) in [7, 11) is 0. The van der Waals surface area contributed by atoms with Gasteiger partial charge in [-0.2, -0.15) is 0 Å². The maximum atomic E-state index is 13.6. The predicted molar refractivity (Wildman–Crippen MR) is 117 cm³/mol. The van der Waals surface area contributed by atoms with E-state index in [9.17, 15) is 4.79 Å². The van der Waals surface area contributed by atoms with Crippen LogP contribution >= 0.6 is 11.3 Å². The van der Waals surface area contributed by atoms with Crippen molar-refractivity contribution in [3.63, 3.8) is 0 Å². The lowest BCUT2D eigenvalue weighted by Crippen LogP contribution is -2.48. The van der Waals surface area contributed by atoms with Gasteiger partial charge in [0.2, 0.25) is 6.10 Å². The van der Waals surface area contributed by atoms with Crippen molar-refractivity contribution in [2.75, 3.05) is 24.7 Å². The Bertz CT molecular complexity index is 1090. The quantitative estimate of drug-likeness (QED) is 0.626. The van der Waals surface area contributed by atoms with E-state index in [4.69, 9.17) is 19.2 Å². The number of hydrogen-bond acceptors (Lipinski definition) is 6. The number of fused-ring (bicyclic) bond motifs is 2. The summed E-state index contributed by atoms with van der Waals surface area (Å²) in [4.78, 5) is 20.1. The normalized spacial score (nSPS) is 20.5. The first-order chi connectivity index (χ1) is 14.6. The highest BCUT2D eigenvalue weighted by Crippen LogP contribution is 2.35.